The molecule has 1 aromatic carbocycles. The van der Waals surface area contributed by atoms with Crippen molar-refractivity contribution in [2.45, 2.75) is 11.8 Å². The van der Waals surface area contributed by atoms with Gasteiger partial charge in [0.2, 0.25) is 0 Å². The summed E-state index contributed by atoms with van der Waals surface area (Å²) in [6, 6.07) is 6.55. The second-order valence-corrected chi connectivity index (χ2v) is 7.00. The van der Waals surface area contributed by atoms with E-state index in [-0.39, 0.29) is 10.7 Å². The standard InChI is InChI=1S/C11H9Br2N3O2S/c1-7-2-4-8(5-3-7)19(17,18)16-11-10(13)15-9(12)6-14-11/h2-6H,1H3,(H,14,16). The van der Waals surface area contributed by atoms with E-state index in [1.54, 1.807) is 12.1 Å². The average molecular weight is 407 g/mol. The third kappa shape index (κ3) is 3.52. The highest BCUT2D eigenvalue weighted by Gasteiger charge is 2.16. The zero-order chi connectivity index (χ0) is 14.0. The molecule has 1 N–H and O–H groups in total. The highest BCUT2D eigenvalue weighted by Crippen LogP contribution is 2.22. The number of anilines is 1. The van der Waals surface area contributed by atoms with E-state index in [1.165, 1.54) is 18.3 Å². The number of hydrogen-bond donors (Lipinski definition) is 1. The molecule has 0 fully saturated rings. The topological polar surface area (TPSA) is 72.0 Å². The van der Waals surface area contributed by atoms with Crippen molar-refractivity contribution in [1.29, 1.82) is 0 Å². The van der Waals surface area contributed by atoms with Gasteiger partial charge in [0, 0.05) is 0 Å². The van der Waals surface area contributed by atoms with Gasteiger partial charge < -0.3 is 0 Å². The van der Waals surface area contributed by atoms with Gasteiger partial charge in [-0.25, -0.2) is 18.4 Å². The van der Waals surface area contributed by atoms with Crippen molar-refractivity contribution < 1.29 is 8.42 Å². The van der Waals surface area contributed by atoms with Crippen LogP contribution in [0.2, 0.25) is 0 Å². The first kappa shape index (κ1) is 14.4. The summed E-state index contributed by atoms with van der Waals surface area (Å²) in [7, 11) is -3.66. The first-order valence-corrected chi connectivity index (χ1v) is 8.23. The Morgan fingerprint density at radius 1 is 1.16 bits per heavy atom. The fourth-order valence-electron chi connectivity index (χ4n) is 1.32. The maximum Gasteiger partial charge on any atom is 0.263 e. The van der Waals surface area contributed by atoms with E-state index in [2.05, 4.69) is 46.5 Å². The van der Waals surface area contributed by atoms with Gasteiger partial charge in [-0.05, 0) is 50.9 Å². The molecule has 0 atom stereocenters. The second kappa shape index (κ2) is 5.56. The molecule has 0 saturated heterocycles. The molecule has 5 nitrogen and oxygen atoms in total. The van der Waals surface area contributed by atoms with E-state index in [0.717, 1.165) is 5.56 Å². The summed E-state index contributed by atoms with van der Waals surface area (Å²) in [5, 5.41) is 0. The van der Waals surface area contributed by atoms with Crippen LogP contribution in [0.25, 0.3) is 0 Å². The smallest absolute Gasteiger partial charge is 0.261 e. The Labute approximate surface area is 127 Å². The average Bonchev–Trinajstić information content (AvgIpc) is 2.33. The molecule has 2 aromatic rings. The third-order valence-electron chi connectivity index (χ3n) is 2.26. The van der Waals surface area contributed by atoms with Crippen molar-refractivity contribution in [3.8, 4) is 0 Å². The van der Waals surface area contributed by atoms with Gasteiger partial charge in [0.1, 0.15) is 4.60 Å². The lowest BCUT2D eigenvalue weighted by Crippen LogP contribution is -2.14. The normalized spacial score (nSPS) is 11.3. The van der Waals surface area contributed by atoms with E-state index >= 15 is 0 Å². The van der Waals surface area contributed by atoms with Crippen LogP contribution < -0.4 is 4.72 Å². The number of hydrogen-bond acceptors (Lipinski definition) is 4. The zero-order valence-corrected chi connectivity index (χ0v) is 13.8. The van der Waals surface area contributed by atoms with Gasteiger partial charge in [0.25, 0.3) is 10.0 Å². The van der Waals surface area contributed by atoms with Crippen LogP contribution >= 0.6 is 31.9 Å². The summed E-state index contributed by atoms with van der Waals surface area (Å²) in [5.41, 5.74) is 0.989. The van der Waals surface area contributed by atoms with Gasteiger partial charge in [-0.15, -0.1) is 0 Å². The number of halogens is 2. The number of nitrogens with zero attached hydrogens (tertiary/aromatic N) is 2. The molecule has 0 aliphatic carbocycles. The Bertz CT molecular complexity index is 702. The van der Waals surface area contributed by atoms with Gasteiger partial charge >= 0.3 is 0 Å². The molecule has 0 amide bonds. The number of aromatic nitrogens is 2. The molecule has 0 unspecified atom stereocenters. The summed E-state index contributed by atoms with van der Waals surface area (Å²) < 4.78 is 27.5. The number of benzene rings is 1. The second-order valence-electron chi connectivity index (χ2n) is 3.75. The maximum atomic E-state index is 12.1. The van der Waals surface area contributed by atoms with Gasteiger partial charge in [0.05, 0.1) is 11.1 Å². The molecule has 100 valence electrons. The largest absolute Gasteiger partial charge is 0.263 e. The first-order chi connectivity index (χ1) is 8.88. The monoisotopic (exact) mass is 405 g/mol. The molecule has 0 spiro atoms. The molecule has 0 aliphatic rings. The van der Waals surface area contributed by atoms with Crippen molar-refractivity contribution in [3.63, 3.8) is 0 Å². The quantitative estimate of drug-likeness (QED) is 0.849. The van der Waals surface area contributed by atoms with E-state index in [1.807, 2.05) is 6.92 Å². The lowest BCUT2D eigenvalue weighted by atomic mass is 10.2. The third-order valence-corrected chi connectivity index (χ3v) is 4.55. The molecular formula is C11H9Br2N3O2S. The predicted octanol–water partition coefficient (Wildman–Crippen LogP) is 3.11. The maximum absolute atomic E-state index is 12.1. The Morgan fingerprint density at radius 3 is 2.37 bits per heavy atom. The van der Waals surface area contributed by atoms with E-state index < -0.39 is 10.0 Å². The summed E-state index contributed by atoms with van der Waals surface area (Å²) >= 11 is 6.30. The lowest BCUT2D eigenvalue weighted by molar-refractivity contribution is 0.601. The highest BCUT2D eigenvalue weighted by molar-refractivity contribution is 9.11. The van der Waals surface area contributed by atoms with Crippen LogP contribution in [-0.2, 0) is 10.0 Å². The van der Waals surface area contributed by atoms with Crippen LogP contribution in [0.3, 0.4) is 0 Å². The van der Waals surface area contributed by atoms with Crippen LogP contribution in [0.4, 0.5) is 5.82 Å². The Balaban J connectivity index is 2.33. The molecule has 2 rings (SSSR count). The van der Waals surface area contributed by atoms with Crippen LogP contribution in [0, 0.1) is 6.92 Å². The van der Waals surface area contributed by atoms with E-state index in [9.17, 15) is 8.42 Å². The van der Waals surface area contributed by atoms with Crippen molar-refractivity contribution in [2.24, 2.45) is 0 Å². The fraction of sp³-hybridized carbons (Fsp3) is 0.0909. The highest BCUT2D eigenvalue weighted by atomic mass is 79.9. The lowest BCUT2D eigenvalue weighted by Gasteiger charge is -2.08. The first-order valence-electron chi connectivity index (χ1n) is 5.16. The molecule has 0 saturated carbocycles. The van der Waals surface area contributed by atoms with Crippen LogP contribution in [0.1, 0.15) is 5.56 Å². The van der Waals surface area contributed by atoms with Crippen molar-refractivity contribution >= 4 is 47.7 Å². The molecular weight excluding hydrogens is 398 g/mol. The number of rotatable bonds is 3. The SMILES string of the molecule is Cc1ccc(S(=O)(=O)Nc2ncc(Br)nc2Br)cc1. The van der Waals surface area contributed by atoms with Crippen molar-refractivity contribution in [1.82, 2.24) is 9.97 Å². The van der Waals surface area contributed by atoms with Crippen molar-refractivity contribution in [3.05, 3.63) is 45.2 Å². The number of nitrogens with one attached hydrogen (secondary N) is 1. The Morgan fingerprint density at radius 2 is 1.79 bits per heavy atom. The zero-order valence-electron chi connectivity index (χ0n) is 9.76. The predicted molar refractivity (Wildman–Crippen MR) is 79.4 cm³/mol. The molecule has 0 bridgehead atoms. The molecule has 0 radical (unpaired) electrons. The molecule has 0 aliphatic heterocycles. The van der Waals surface area contributed by atoms with Gasteiger partial charge in [0.15, 0.2) is 10.4 Å². The summed E-state index contributed by atoms with van der Waals surface area (Å²) in [4.78, 5) is 8.14. The minimum atomic E-state index is -3.66. The van der Waals surface area contributed by atoms with Crippen molar-refractivity contribution in [2.75, 3.05) is 4.72 Å². The van der Waals surface area contributed by atoms with Crippen LogP contribution in [0.15, 0.2) is 44.6 Å². The summed E-state index contributed by atoms with van der Waals surface area (Å²) in [5.74, 6) is 0.142. The van der Waals surface area contributed by atoms with E-state index in [0.29, 0.717) is 9.21 Å². The number of sulfonamides is 1. The van der Waals surface area contributed by atoms with Gasteiger partial charge in [-0.1, -0.05) is 17.7 Å². The van der Waals surface area contributed by atoms with Crippen LogP contribution in [0.5, 0.6) is 0 Å². The summed E-state index contributed by atoms with van der Waals surface area (Å²) in [6.45, 7) is 1.89. The minimum absolute atomic E-state index is 0.142. The van der Waals surface area contributed by atoms with Gasteiger partial charge in [-0.2, -0.15) is 0 Å². The van der Waals surface area contributed by atoms with Crippen LogP contribution in [-0.4, -0.2) is 18.4 Å². The minimum Gasteiger partial charge on any atom is -0.261 e. The fourth-order valence-corrected chi connectivity index (χ4v) is 3.38. The summed E-state index contributed by atoms with van der Waals surface area (Å²) in [6.07, 6.45) is 1.41. The Hall–Kier alpha value is -0.990. The molecule has 19 heavy (non-hydrogen) atoms. The number of aryl methyl sites for hydroxylation is 1. The molecule has 1 heterocycles. The molecule has 1 aromatic heterocycles. The van der Waals surface area contributed by atoms with E-state index in [4.69, 9.17) is 0 Å². The molecule has 8 heteroatoms. The van der Waals surface area contributed by atoms with Gasteiger partial charge in [-0.3, -0.25) is 4.72 Å². The Kier molecular flexibility index (Phi) is 4.22.